The zero-order valence-electron chi connectivity index (χ0n) is 11.3. The second-order valence-electron chi connectivity index (χ2n) is 5.90. The maximum Gasteiger partial charge on any atom is 0.271 e. The average molecular weight is 302 g/mol. The molecule has 2 aliphatic carbocycles. The summed E-state index contributed by atoms with van der Waals surface area (Å²) in [5.74, 6) is -2.61. The molecule has 1 saturated heterocycles. The van der Waals surface area contributed by atoms with Gasteiger partial charge in [-0.15, -0.1) is 0 Å². The van der Waals surface area contributed by atoms with Crippen LogP contribution in [0, 0.1) is 39.6 Å². The quantitative estimate of drug-likeness (QED) is 0.362. The Morgan fingerprint density at radius 3 is 2.27 bits per heavy atom. The van der Waals surface area contributed by atoms with Crippen molar-refractivity contribution < 1.29 is 18.9 Å². The molecule has 4 atom stereocenters. The van der Waals surface area contributed by atoms with E-state index in [0.717, 1.165) is 29.5 Å². The van der Waals surface area contributed by atoms with Crippen LogP contribution in [0.5, 0.6) is 0 Å². The summed E-state index contributed by atoms with van der Waals surface area (Å²) in [4.78, 5) is 36.1. The molecule has 22 heavy (non-hydrogen) atoms. The minimum Gasteiger partial charge on any atom is -0.274 e. The van der Waals surface area contributed by atoms with E-state index in [2.05, 4.69) is 0 Å². The van der Waals surface area contributed by atoms with Crippen LogP contribution in [0.2, 0.25) is 0 Å². The maximum absolute atomic E-state index is 14.0. The molecule has 2 fully saturated rings. The van der Waals surface area contributed by atoms with Crippen LogP contribution in [0.3, 0.4) is 0 Å². The Kier molecular flexibility index (Phi) is 2.52. The van der Waals surface area contributed by atoms with E-state index < -0.39 is 34.4 Å². The van der Waals surface area contributed by atoms with Gasteiger partial charge >= 0.3 is 0 Å². The number of non-ortho nitro benzene ring substituents is 1. The molecule has 7 heteroatoms. The van der Waals surface area contributed by atoms with Gasteiger partial charge in [0.25, 0.3) is 5.69 Å². The monoisotopic (exact) mass is 302 g/mol. The van der Waals surface area contributed by atoms with Gasteiger partial charge in [0.15, 0.2) is 0 Å². The molecule has 0 N–H and O–H groups in total. The summed E-state index contributed by atoms with van der Waals surface area (Å²) in [6, 6.07) is 2.87. The van der Waals surface area contributed by atoms with Crippen molar-refractivity contribution in [2.75, 3.05) is 4.90 Å². The number of rotatable bonds is 2. The lowest BCUT2D eigenvalue weighted by Gasteiger charge is -2.17. The fourth-order valence-electron chi connectivity index (χ4n) is 3.93. The Morgan fingerprint density at radius 2 is 1.73 bits per heavy atom. The number of halogens is 1. The lowest BCUT2D eigenvalue weighted by Crippen LogP contribution is -2.33. The van der Waals surface area contributed by atoms with Crippen LogP contribution in [-0.4, -0.2) is 16.7 Å². The third kappa shape index (κ3) is 1.53. The van der Waals surface area contributed by atoms with Gasteiger partial charge in [0, 0.05) is 12.1 Å². The van der Waals surface area contributed by atoms with Crippen molar-refractivity contribution in [2.24, 2.45) is 23.7 Å². The van der Waals surface area contributed by atoms with Crippen molar-refractivity contribution in [3.63, 3.8) is 0 Å². The number of fused-ring (bicyclic) bond motifs is 5. The predicted octanol–water partition coefficient (Wildman–Crippen LogP) is 2.05. The number of carbonyl (C=O) groups is 2. The summed E-state index contributed by atoms with van der Waals surface area (Å²) < 4.78 is 14.0. The molecular weight excluding hydrogens is 291 g/mol. The van der Waals surface area contributed by atoms with Gasteiger partial charge in [0.05, 0.1) is 22.4 Å². The smallest absolute Gasteiger partial charge is 0.271 e. The molecular formula is C15H11FN2O4. The number of amides is 2. The highest BCUT2D eigenvalue weighted by molar-refractivity contribution is 6.23. The summed E-state index contributed by atoms with van der Waals surface area (Å²) >= 11 is 0. The SMILES string of the molecule is O=C1[C@@H]2[C@@H](C(=O)N1c1cc([N+](=O)[O-])ccc1F)[C@H]1C=C[C@H]2C1. The first-order chi connectivity index (χ1) is 10.5. The highest BCUT2D eigenvalue weighted by Crippen LogP contribution is 2.53. The second-order valence-corrected chi connectivity index (χ2v) is 5.90. The third-order valence-corrected chi connectivity index (χ3v) is 4.85. The van der Waals surface area contributed by atoms with E-state index in [0.29, 0.717) is 0 Å². The number of nitro benzene ring substituents is 1. The average Bonchev–Trinajstić information content (AvgIpc) is 3.14. The number of imide groups is 1. The fraction of sp³-hybridized carbons (Fsp3) is 0.333. The predicted molar refractivity (Wildman–Crippen MR) is 73.3 cm³/mol. The summed E-state index contributed by atoms with van der Waals surface area (Å²) in [6.07, 6.45) is 4.65. The van der Waals surface area contributed by atoms with Crippen LogP contribution in [-0.2, 0) is 9.59 Å². The highest BCUT2D eigenvalue weighted by atomic mass is 19.1. The number of carbonyl (C=O) groups excluding carboxylic acids is 2. The molecule has 2 amide bonds. The standard InChI is InChI=1S/C15H11FN2O4/c16-10-4-3-9(18(21)22)6-11(10)17-14(19)12-7-1-2-8(5-7)13(12)15(17)20/h1-4,6-8,12-13H,5H2/t7-,8-,12-,13-/m0/s1. The van der Waals surface area contributed by atoms with E-state index >= 15 is 0 Å². The van der Waals surface area contributed by atoms with Gasteiger partial charge in [-0.25, -0.2) is 9.29 Å². The molecule has 0 spiro atoms. The molecule has 0 aromatic heterocycles. The number of benzene rings is 1. The molecule has 0 unspecified atom stereocenters. The molecule has 1 aliphatic heterocycles. The van der Waals surface area contributed by atoms with Crippen LogP contribution < -0.4 is 4.90 Å². The summed E-state index contributed by atoms with van der Waals surface area (Å²) in [7, 11) is 0. The van der Waals surface area contributed by atoms with E-state index in [4.69, 9.17) is 0 Å². The molecule has 3 aliphatic rings. The molecule has 1 saturated carbocycles. The number of hydrogen-bond donors (Lipinski definition) is 0. The molecule has 1 aromatic carbocycles. The Morgan fingerprint density at radius 1 is 1.14 bits per heavy atom. The van der Waals surface area contributed by atoms with Crippen LogP contribution >= 0.6 is 0 Å². The number of hydrogen-bond acceptors (Lipinski definition) is 4. The van der Waals surface area contributed by atoms with Crippen LogP contribution in [0.15, 0.2) is 30.4 Å². The van der Waals surface area contributed by atoms with E-state index in [1.165, 1.54) is 0 Å². The molecule has 112 valence electrons. The number of nitro groups is 1. The van der Waals surface area contributed by atoms with Crippen molar-refractivity contribution in [3.05, 3.63) is 46.3 Å². The molecule has 1 aromatic rings. The second kappa shape index (κ2) is 4.22. The van der Waals surface area contributed by atoms with Gasteiger partial charge in [-0.2, -0.15) is 0 Å². The number of anilines is 1. The zero-order chi connectivity index (χ0) is 15.6. The largest absolute Gasteiger partial charge is 0.274 e. The van der Waals surface area contributed by atoms with Crippen molar-refractivity contribution in [1.29, 1.82) is 0 Å². The minimum absolute atomic E-state index is 0.0122. The first-order valence-electron chi connectivity index (χ1n) is 6.99. The van der Waals surface area contributed by atoms with Crippen LogP contribution in [0.4, 0.5) is 15.8 Å². The highest BCUT2D eigenvalue weighted by Gasteiger charge is 2.60. The normalized spacial score (nSPS) is 32.0. The van der Waals surface area contributed by atoms with Crippen molar-refractivity contribution in [1.82, 2.24) is 0 Å². The summed E-state index contributed by atoms with van der Waals surface area (Å²) in [5, 5.41) is 10.8. The molecule has 1 heterocycles. The maximum atomic E-state index is 14.0. The van der Waals surface area contributed by atoms with E-state index in [1.54, 1.807) is 0 Å². The Hall–Kier alpha value is -2.57. The molecule has 0 radical (unpaired) electrons. The Labute approximate surface area is 124 Å². The van der Waals surface area contributed by atoms with Gasteiger partial charge in [0.1, 0.15) is 5.82 Å². The van der Waals surface area contributed by atoms with Crippen molar-refractivity contribution in [2.45, 2.75) is 6.42 Å². The van der Waals surface area contributed by atoms with E-state index in [-0.39, 0.29) is 23.2 Å². The van der Waals surface area contributed by atoms with Gasteiger partial charge in [-0.05, 0) is 24.3 Å². The number of nitrogens with zero attached hydrogens (tertiary/aromatic N) is 2. The Balaban J connectivity index is 1.79. The van der Waals surface area contributed by atoms with Crippen LogP contribution in [0.1, 0.15) is 6.42 Å². The van der Waals surface area contributed by atoms with E-state index in [1.807, 2.05) is 12.2 Å². The fourth-order valence-corrected chi connectivity index (χ4v) is 3.93. The topological polar surface area (TPSA) is 80.5 Å². The molecule has 4 rings (SSSR count). The first-order valence-corrected chi connectivity index (χ1v) is 6.99. The lowest BCUT2D eigenvalue weighted by atomic mass is 9.85. The van der Waals surface area contributed by atoms with E-state index in [9.17, 15) is 24.1 Å². The Bertz CT molecular complexity index is 730. The van der Waals surface area contributed by atoms with Gasteiger partial charge in [-0.3, -0.25) is 19.7 Å². The van der Waals surface area contributed by atoms with Crippen molar-refractivity contribution >= 4 is 23.2 Å². The number of allylic oxidation sites excluding steroid dienone is 2. The van der Waals surface area contributed by atoms with Gasteiger partial charge < -0.3 is 0 Å². The molecule has 2 bridgehead atoms. The summed E-state index contributed by atoms with van der Waals surface area (Å²) in [5.41, 5.74) is -0.673. The van der Waals surface area contributed by atoms with Gasteiger partial charge in [-0.1, -0.05) is 12.2 Å². The first kappa shape index (κ1) is 13.1. The van der Waals surface area contributed by atoms with Crippen molar-refractivity contribution in [3.8, 4) is 0 Å². The minimum atomic E-state index is -0.812. The van der Waals surface area contributed by atoms with Crippen LogP contribution in [0.25, 0.3) is 0 Å². The van der Waals surface area contributed by atoms with Gasteiger partial charge in [0.2, 0.25) is 11.8 Å². The molecule has 6 nitrogen and oxygen atoms in total. The third-order valence-electron chi connectivity index (χ3n) is 4.85. The lowest BCUT2D eigenvalue weighted by molar-refractivity contribution is -0.384. The zero-order valence-corrected chi connectivity index (χ0v) is 11.3. The summed E-state index contributed by atoms with van der Waals surface area (Å²) in [6.45, 7) is 0.